The number of nitrogens with one attached hydrogen (secondary N) is 1. The Balaban J connectivity index is 2.07. The zero-order valence-electron chi connectivity index (χ0n) is 14.8. The van der Waals surface area contributed by atoms with E-state index in [0.717, 1.165) is 22.5 Å². The standard InChI is InChI=1S/C19H21N3O2S/c1-5-13-8-6-7-9-14(13)21-18(23)15-12(4)25-17-16(15)20-10-22(11(2)3)19(17)24/h6-11H,5H2,1-4H3,(H,21,23). The fourth-order valence-electron chi connectivity index (χ4n) is 2.86. The van der Waals surface area contributed by atoms with Crippen LogP contribution in [0, 0.1) is 6.92 Å². The van der Waals surface area contributed by atoms with Gasteiger partial charge in [-0.1, -0.05) is 25.1 Å². The molecule has 2 heterocycles. The Labute approximate surface area is 150 Å². The summed E-state index contributed by atoms with van der Waals surface area (Å²) in [4.78, 5) is 30.7. The van der Waals surface area contributed by atoms with Crippen LogP contribution in [-0.4, -0.2) is 15.5 Å². The lowest BCUT2D eigenvalue weighted by Gasteiger charge is -2.10. The van der Waals surface area contributed by atoms with Crippen molar-refractivity contribution in [3.8, 4) is 0 Å². The van der Waals surface area contributed by atoms with E-state index in [0.29, 0.717) is 15.8 Å². The molecule has 1 aromatic carbocycles. The largest absolute Gasteiger partial charge is 0.322 e. The number of para-hydroxylation sites is 1. The summed E-state index contributed by atoms with van der Waals surface area (Å²) in [5.74, 6) is -0.223. The van der Waals surface area contributed by atoms with Crippen molar-refractivity contribution < 1.29 is 4.79 Å². The molecule has 0 spiro atoms. The van der Waals surface area contributed by atoms with Crippen LogP contribution in [0.25, 0.3) is 10.2 Å². The molecule has 130 valence electrons. The van der Waals surface area contributed by atoms with Crippen molar-refractivity contribution in [1.29, 1.82) is 0 Å². The van der Waals surface area contributed by atoms with E-state index >= 15 is 0 Å². The quantitative estimate of drug-likeness (QED) is 0.764. The summed E-state index contributed by atoms with van der Waals surface area (Å²) in [5.41, 5.74) is 2.74. The number of rotatable bonds is 4. The normalized spacial score (nSPS) is 11.2. The molecule has 0 atom stereocenters. The van der Waals surface area contributed by atoms with Crippen molar-refractivity contribution in [1.82, 2.24) is 9.55 Å². The molecule has 3 aromatic rings. The average molecular weight is 355 g/mol. The van der Waals surface area contributed by atoms with Gasteiger partial charge >= 0.3 is 0 Å². The van der Waals surface area contributed by atoms with Gasteiger partial charge < -0.3 is 5.32 Å². The predicted molar refractivity (Wildman–Crippen MR) is 103 cm³/mol. The van der Waals surface area contributed by atoms with Crippen LogP contribution in [0.1, 0.15) is 47.6 Å². The van der Waals surface area contributed by atoms with E-state index in [9.17, 15) is 9.59 Å². The van der Waals surface area contributed by atoms with E-state index in [2.05, 4.69) is 10.3 Å². The Morgan fingerprint density at radius 1 is 1.32 bits per heavy atom. The highest BCUT2D eigenvalue weighted by Crippen LogP contribution is 2.28. The summed E-state index contributed by atoms with van der Waals surface area (Å²) in [7, 11) is 0. The third-order valence-electron chi connectivity index (χ3n) is 4.23. The van der Waals surface area contributed by atoms with E-state index in [1.165, 1.54) is 17.7 Å². The molecule has 5 nitrogen and oxygen atoms in total. The number of nitrogens with zero attached hydrogens (tertiary/aromatic N) is 2. The average Bonchev–Trinajstić information content (AvgIpc) is 2.92. The first-order valence-corrected chi connectivity index (χ1v) is 9.15. The lowest BCUT2D eigenvalue weighted by molar-refractivity contribution is 0.102. The Morgan fingerprint density at radius 2 is 2.04 bits per heavy atom. The van der Waals surface area contributed by atoms with Crippen LogP contribution in [0.3, 0.4) is 0 Å². The van der Waals surface area contributed by atoms with Gasteiger partial charge in [0.05, 0.1) is 11.9 Å². The second kappa shape index (κ2) is 6.80. The van der Waals surface area contributed by atoms with Gasteiger partial charge in [0.1, 0.15) is 10.2 Å². The number of thiophene rings is 1. The van der Waals surface area contributed by atoms with Crippen LogP contribution >= 0.6 is 11.3 Å². The predicted octanol–water partition coefficient (Wildman–Crippen LogP) is 4.16. The van der Waals surface area contributed by atoms with Crippen LogP contribution in [0.5, 0.6) is 0 Å². The van der Waals surface area contributed by atoms with Crippen LogP contribution in [0.4, 0.5) is 5.69 Å². The maximum Gasteiger partial charge on any atom is 0.271 e. The van der Waals surface area contributed by atoms with Gasteiger partial charge in [0, 0.05) is 16.6 Å². The number of anilines is 1. The van der Waals surface area contributed by atoms with Crippen LogP contribution in [0.15, 0.2) is 35.4 Å². The number of aryl methyl sites for hydroxylation is 2. The zero-order chi connectivity index (χ0) is 18.1. The molecule has 1 amide bonds. The maximum absolute atomic E-state index is 12.9. The van der Waals surface area contributed by atoms with E-state index in [4.69, 9.17) is 0 Å². The number of carbonyl (C=O) groups is 1. The molecule has 0 aliphatic heterocycles. The minimum atomic E-state index is -0.223. The SMILES string of the molecule is CCc1ccccc1NC(=O)c1c(C)sc2c(=O)n(C(C)C)cnc12. The van der Waals surface area contributed by atoms with Gasteiger partial charge in [-0.15, -0.1) is 11.3 Å². The Bertz CT molecular complexity index is 1000. The molecule has 0 unspecified atom stereocenters. The molecule has 2 aromatic heterocycles. The topological polar surface area (TPSA) is 64.0 Å². The van der Waals surface area contributed by atoms with Crippen molar-refractivity contribution >= 4 is 33.1 Å². The third-order valence-corrected chi connectivity index (χ3v) is 5.31. The van der Waals surface area contributed by atoms with Crippen LogP contribution in [-0.2, 0) is 6.42 Å². The van der Waals surface area contributed by atoms with Gasteiger partial charge in [-0.3, -0.25) is 14.2 Å². The summed E-state index contributed by atoms with van der Waals surface area (Å²) < 4.78 is 2.12. The monoisotopic (exact) mass is 355 g/mol. The van der Waals surface area contributed by atoms with Crippen molar-refractivity contribution in [2.75, 3.05) is 5.32 Å². The highest BCUT2D eigenvalue weighted by molar-refractivity contribution is 7.19. The molecule has 0 radical (unpaired) electrons. The van der Waals surface area contributed by atoms with E-state index in [1.807, 2.05) is 52.0 Å². The Hall–Kier alpha value is -2.47. The molecule has 0 saturated carbocycles. The second-order valence-electron chi connectivity index (χ2n) is 6.23. The maximum atomic E-state index is 12.9. The first-order chi connectivity index (χ1) is 11.9. The summed E-state index contributed by atoms with van der Waals surface area (Å²) in [5, 5.41) is 2.97. The van der Waals surface area contributed by atoms with Crippen molar-refractivity contribution in [3.05, 3.63) is 57.0 Å². The van der Waals surface area contributed by atoms with Gasteiger partial charge in [-0.2, -0.15) is 0 Å². The van der Waals surface area contributed by atoms with E-state index in [1.54, 1.807) is 4.57 Å². The highest BCUT2D eigenvalue weighted by atomic mass is 32.1. The van der Waals surface area contributed by atoms with Crippen LogP contribution in [0.2, 0.25) is 0 Å². The number of hydrogen-bond acceptors (Lipinski definition) is 4. The molecular formula is C19H21N3O2S. The molecule has 1 N–H and O–H groups in total. The summed E-state index contributed by atoms with van der Waals surface area (Å²) in [6.07, 6.45) is 2.36. The summed E-state index contributed by atoms with van der Waals surface area (Å²) in [6.45, 7) is 7.77. The van der Waals surface area contributed by atoms with Crippen molar-refractivity contribution in [3.63, 3.8) is 0 Å². The van der Waals surface area contributed by atoms with Crippen LogP contribution < -0.4 is 10.9 Å². The lowest BCUT2D eigenvalue weighted by Crippen LogP contribution is -2.22. The third kappa shape index (κ3) is 3.09. The van der Waals surface area contributed by atoms with E-state index in [-0.39, 0.29) is 17.5 Å². The molecule has 0 aliphatic rings. The first kappa shape index (κ1) is 17.4. The molecule has 0 fully saturated rings. The minimum Gasteiger partial charge on any atom is -0.322 e. The van der Waals surface area contributed by atoms with Gasteiger partial charge in [0.25, 0.3) is 11.5 Å². The molecule has 25 heavy (non-hydrogen) atoms. The van der Waals surface area contributed by atoms with Crippen molar-refractivity contribution in [2.24, 2.45) is 0 Å². The number of amides is 1. The summed E-state index contributed by atoms with van der Waals surface area (Å²) >= 11 is 1.33. The van der Waals surface area contributed by atoms with Gasteiger partial charge in [-0.25, -0.2) is 4.98 Å². The lowest BCUT2D eigenvalue weighted by atomic mass is 10.1. The number of benzene rings is 1. The number of aromatic nitrogens is 2. The highest BCUT2D eigenvalue weighted by Gasteiger charge is 2.21. The summed E-state index contributed by atoms with van der Waals surface area (Å²) in [6, 6.07) is 7.76. The smallest absolute Gasteiger partial charge is 0.271 e. The van der Waals surface area contributed by atoms with Gasteiger partial charge in [0.15, 0.2) is 0 Å². The number of fused-ring (bicyclic) bond motifs is 1. The fraction of sp³-hybridized carbons (Fsp3) is 0.316. The molecule has 0 saturated heterocycles. The molecule has 3 rings (SSSR count). The first-order valence-electron chi connectivity index (χ1n) is 8.33. The second-order valence-corrected chi connectivity index (χ2v) is 7.45. The minimum absolute atomic E-state index is 0.0283. The molecule has 6 heteroatoms. The van der Waals surface area contributed by atoms with Gasteiger partial charge in [0.2, 0.25) is 0 Å². The van der Waals surface area contributed by atoms with Crippen molar-refractivity contribution in [2.45, 2.75) is 40.2 Å². The van der Waals surface area contributed by atoms with Gasteiger partial charge in [-0.05, 0) is 38.8 Å². The Morgan fingerprint density at radius 3 is 2.72 bits per heavy atom. The molecule has 0 bridgehead atoms. The molecular weight excluding hydrogens is 334 g/mol. The number of hydrogen-bond donors (Lipinski definition) is 1. The molecule has 0 aliphatic carbocycles. The Kier molecular flexibility index (Phi) is 4.72. The van der Waals surface area contributed by atoms with E-state index < -0.39 is 0 Å². The fourth-order valence-corrected chi connectivity index (χ4v) is 3.90. The zero-order valence-corrected chi connectivity index (χ0v) is 15.6. The number of carbonyl (C=O) groups excluding carboxylic acids is 1.